The number of carboxylic acid groups (broad SMARTS) is 1. The van der Waals surface area contributed by atoms with Gasteiger partial charge in [-0.05, 0) is 42.1 Å². The van der Waals surface area contributed by atoms with Crippen LogP contribution in [0.3, 0.4) is 0 Å². The second kappa shape index (κ2) is 8.68. The summed E-state index contributed by atoms with van der Waals surface area (Å²) in [6.45, 7) is 2.04. The normalized spacial score (nSPS) is 11.8. The number of aliphatic carboxylic acids is 1. The summed E-state index contributed by atoms with van der Waals surface area (Å²) in [6.07, 6.45) is -0.243. The second-order valence-electron chi connectivity index (χ2n) is 6.76. The molecule has 0 saturated heterocycles. The molecule has 7 nitrogen and oxygen atoms in total. The average Bonchev–Trinajstić information content (AvgIpc) is 3.01. The predicted octanol–water partition coefficient (Wildman–Crippen LogP) is 3.30. The van der Waals surface area contributed by atoms with E-state index in [1.165, 1.54) is 14.2 Å². The quantitative estimate of drug-likeness (QED) is 0.610. The van der Waals surface area contributed by atoms with Crippen molar-refractivity contribution in [1.29, 1.82) is 0 Å². The Hall–Kier alpha value is -3.48. The second-order valence-corrected chi connectivity index (χ2v) is 6.76. The van der Waals surface area contributed by atoms with E-state index in [1.54, 1.807) is 18.2 Å². The Labute approximate surface area is 168 Å². The van der Waals surface area contributed by atoms with Crippen molar-refractivity contribution in [2.75, 3.05) is 14.2 Å². The van der Waals surface area contributed by atoms with Crippen molar-refractivity contribution in [1.82, 2.24) is 9.88 Å². The fourth-order valence-electron chi connectivity index (χ4n) is 3.44. The molecular formula is C22H24N2O5. The Bertz CT molecular complexity index is 1040. The molecule has 0 fully saturated rings. The lowest BCUT2D eigenvalue weighted by atomic mass is 10.0. The Balaban J connectivity index is 1.84. The number of carbonyl (C=O) groups is 2. The molecule has 3 rings (SSSR count). The number of para-hydroxylation sites is 1. The van der Waals surface area contributed by atoms with Crippen molar-refractivity contribution in [3.63, 3.8) is 0 Å². The van der Waals surface area contributed by atoms with Crippen molar-refractivity contribution in [3.8, 4) is 11.5 Å². The number of fused-ring (bicyclic) bond motifs is 1. The number of rotatable bonds is 8. The molecule has 0 spiro atoms. The maximum atomic E-state index is 12.8. The molecule has 152 valence electrons. The number of carboxylic acids is 1. The van der Waals surface area contributed by atoms with Gasteiger partial charge in [-0.1, -0.05) is 24.3 Å². The van der Waals surface area contributed by atoms with Crippen LogP contribution < -0.4 is 14.8 Å². The third-order valence-electron chi connectivity index (χ3n) is 4.84. The zero-order valence-electron chi connectivity index (χ0n) is 16.6. The van der Waals surface area contributed by atoms with Crippen molar-refractivity contribution < 1.29 is 24.2 Å². The topological polar surface area (TPSA) is 89.8 Å². The molecule has 1 heterocycles. The van der Waals surface area contributed by atoms with Crippen molar-refractivity contribution >= 4 is 22.8 Å². The monoisotopic (exact) mass is 396 g/mol. The summed E-state index contributed by atoms with van der Waals surface area (Å²) in [5.41, 5.74) is 2.55. The highest BCUT2D eigenvalue weighted by atomic mass is 16.5. The lowest BCUT2D eigenvalue weighted by molar-refractivity contribution is -0.137. The van der Waals surface area contributed by atoms with E-state index >= 15 is 0 Å². The highest BCUT2D eigenvalue weighted by molar-refractivity contribution is 5.84. The van der Waals surface area contributed by atoms with Gasteiger partial charge in [0, 0.05) is 11.2 Å². The average molecular weight is 396 g/mol. The molecule has 1 atom stereocenters. The number of benzene rings is 2. The van der Waals surface area contributed by atoms with Crippen LogP contribution in [0.15, 0.2) is 48.5 Å². The van der Waals surface area contributed by atoms with Gasteiger partial charge in [-0.25, -0.2) is 0 Å². The standard InChI is InChI=1S/C22H24N2O5/c1-14-10-16-6-4-5-7-18(16)24(14)13-21(25)23-17(12-22(26)27)15-8-9-19(28-2)20(11-15)29-3/h4-11,17H,12-13H2,1-3H3,(H,23,25)(H,26,27). The Kier molecular flexibility index (Phi) is 6.07. The lowest BCUT2D eigenvalue weighted by Crippen LogP contribution is -2.33. The molecule has 1 aromatic heterocycles. The Morgan fingerprint density at radius 2 is 1.79 bits per heavy atom. The first kappa shape index (κ1) is 20.3. The van der Waals surface area contributed by atoms with Crippen LogP contribution in [0.25, 0.3) is 10.9 Å². The van der Waals surface area contributed by atoms with Crippen molar-refractivity contribution in [2.45, 2.75) is 25.9 Å². The van der Waals surface area contributed by atoms with E-state index in [2.05, 4.69) is 5.32 Å². The van der Waals surface area contributed by atoms with Gasteiger partial charge in [0.05, 0.1) is 26.7 Å². The van der Waals surface area contributed by atoms with E-state index in [4.69, 9.17) is 9.47 Å². The molecular weight excluding hydrogens is 372 g/mol. The molecule has 0 aliphatic heterocycles. The minimum absolute atomic E-state index is 0.1000. The third kappa shape index (κ3) is 4.51. The molecule has 1 unspecified atom stereocenters. The van der Waals surface area contributed by atoms with Crippen LogP contribution in [-0.4, -0.2) is 35.8 Å². The fourth-order valence-corrected chi connectivity index (χ4v) is 3.44. The number of aryl methyl sites for hydroxylation is 1. The van der Waals surface area contributed by atoms with E-state index < -0.39 is 12.0 Å². The maximum absolute atomic E-state index is 12.8. The minimum atomic E-state index is -1.01. The molecule has 7 heteroatoms. The van der Waals surface area contributed by atoms with E-state index in [0.717, 1.165) is 16.6 Å². The SMILES string of the molecule is COc1ccc(C(CC(=O)O)NC(=O)Cn2c(C)cc3ccccc32)cc1OC. The molecule has 3 aromatic rings. The molecule has 29 heavy (non-hydrogen) atoms. The van der Waals surface area contributed by atoms with Gasteiger partial charge in [0.2, 0.25) is 5.91 Å². The van der Waals surface area contributed by atoms with Crippen LogP contribution in [0.5, 0.6) is 11.5 Å². The van der Waals surface area contributed by atoms with Gasteiger partial charge in [-0.2, -0.15) is 0 Å². The number of nitrogens with zero attached hydrogens (tertiary/aromatic N) is 1. The van der Waals surface area contributed by atoms with Crippen LogP contribution in [0, 0.1) is 6.92 Å². The summed E-state index contributed by atoms with van der Waals surface area (Å²) in [5.74, 6) is -0.267. The zero-order valence-corrected chi connectivity index (χ0v) is 16.6. The summed E-state index contributed by atoms with van der Waals surface area (Å²) in [5, 5.41) is 13.2. The zero-order chi connectivity index (χ0) is 21.0. The number of ether oxygens (including phenoxy) is 2. The number of hydrogen-bond acceptors (Lipinski definition) is 4. The molecule has 2 aromatic carbocycles. The first-order valence-electron chi connectivity index (χ1n) is 9.21. The summed E-state index contributed by atoms with van der Waals surface area (Å²) < 4.78 is 12.4. The van der Waals surface area contributed by atoms with Crippen LogP contribution in [0.1, 0.15) is 23.7 Å². The van der Waals surface area contributed by atoms with Gasteiger partial charge < -0.3 is 24.5 Å². The molecule has 0 saturated carbocycles. The molecule has 0 aliphatic carbocycles. The number of carbonyl (C=O) groups excluding carboxylic acids is 1. The van der Waals surface area contributed by atoms with Crippen LogP contribution in [0.2, 0.25) is 0 Å². The number of aromatic nitrogens is 1. The van der Waals surface area contributed by atoms with E-state index in [1.807, 2.05) is 41.8 Å². The first-order valence-corrected chi connectivity index (χ1v) is 9.21. The highest BCUT2D eigenvalue weighted by Gasteiger charge is 2.21. The molecule has 1 amide bonds. The minimum Gasteiger partial charge on any atom is -0.493 e. The summed E-state index contributed by atoms with van der Waals surface area (Å²) in [7, 11) is 3.03. The van der Waals surface area contributed by atoms with Gasteiger partial charge in [0.25, 0.3) is 0 Å². The molecule has 0 bridgehead atoms. The number of nitrogens with one attached hydrogen (secondary N) is 1. The number of methoxy groups -OCH3 is 2. The Morgan fingerprint density at radius 1 is 1.07 bits per heavy atom. The third-order valence-corrected chi connectivity index (χ3v) is 4.84. The predicted molar refractivity (Wildman–Crippen MR) is 109 cm³/mol. The summed E-state index contributed by atoms with van der Waals surface area (Å²) in [4.78, 5) is 24.1. The maximum Gasteiger partial charge on any atom is 0.305 e. The largest absolute Gasteiger partial charge is 0.493 e. The highest BCUT2D eigenvalue weighted by Crippen LogP contribution is 2.31. The van der Waals surface area contributed by atoms with Gasteiger partial charge in [0.1, 0.15) is 6.54 Å². The van der Waals surface area contributed by atoms with Gasteiger partial charge in [-0.15, -0.1) is 0 Å². The number of hydrogen-bond donors (Lipinski definition) is 2. The van der Waals surface area contributed by atoms with E-state index in [0.29, 0.717) is 17.1 Å². The number of amides is 1. The molecule has 0 radical (unpaired) electrons. The first-order chi connectivity index (χ1) is 13.9. The van der Waals surface area contributed by atoms with Crippen LogP contribution in [-0.2, 0) is 16.1 Å². The van der Waals surface area contributed by atoms with Crippen LogP contribution >= 0.6 is 0 Å². The van der Waals surface area contributed by atoms with Crippen LogP contribution in [0.4, 0.5) is 0 Å². The van der Waals surface area contributed by atoms with E-state index in [9.17, 15) is 14.7 Å². The van der Waals surface area contributed by atoms with Crippen molar-refractivity contribution in [3.05, 3.63) is 59.8 Å². The lowest BCUT2D eigenvalue weighted by Gasteiger charge is -2.20. The fraction of sp³-hybridized carbons (Fsp3) is 0.273. The smallest absolute Gasteiger partial charge is 0.305 e. The van der Waals surface area contributed by atoms with Gasteiger partial charge >= 0.3 is 5.97 Å². The van der Waals surface area contributed by atoms with Gasteiger partial charge in [0.15, 0.2) is 11.5 Å². The summed E-state index contributed by atoms with van der Waals surface area (Å²) >= 11 is 0. The summed E-state index contributed by atoms with van der Waals surface area (Å²) in [6, 6.07) is 14.3. The Morgan fingerprint density at radius 3 is 2.48 bits per heavy atom. The molecule has 0 aliphatic rings. The van der Waals surface area contributed by atoms with E-state index in [-0.39, 0.29) is 18.9 Å². The van der Waals surface area contributed by atoms with Gasteiger partial charge in [-0.3, -0.25) is 9.59 Å². The van der Waals surface area contributed by atoms with Crippen molar-refractivity contribution in [2.24, 2.45) is 0 Å². The molecule has 2 N–H and O–H groups in total.